The zero-order valence-electron chi connectivity index (χ0n) is 20.5. The van der Waals surface area contributed by atoms with Gasteiger partial charge in [-0.05, 0) is 55.2 Å². The molecule has 1 aliphatic heterocycles. The summed E-state index contributed by atoms with van der Waals surface area (Å²) in [6.45, 7) is 5.19. The van der Waals surface area contributed by atoms with Crippen LogP contribution in [0, 0.1) is 16.7 Å². The molecule has 0 saturated carbocycles. The van der Waals surface area contributed by atoms with Gasteiger partial charge in [0.1, 0.15) is 11.5 Å². The number of ether oxygens (including phenoxy) is 2. The van der Waals surface area contributed by atoms with Crippen LogP contribution in [0.4, 0.5) is 13.2 Å². The van der Waals surface area contributed by atoms with E-state index < -0.39 is 28.8 Å². The number of hydrogen-bond acceptors (Lipinski definition) is 5. The lowest BCUT2D eigenvalue weighted by atomic mass is 9.89. The highest BCUT2D eigenvalue weighted by molar-refractivity contribution is 5.84. The molecule has 0 spiro atoms. The van der Waals surface area contributed by atoms with Gasteiger partial charge in [-0.25, -0.2) is 0 Å². The van der Waals surface area contributed by atoms with E-state index in [-0.39, 0.29) is 18.3 Å². The molecule has 0 radical (unpaired) electrons. The van der Waals surface area contributed by atoms with Gasteiger partial charge in [0.05, 0.1) is 23.8 Å². The number of amides is 1. The first-order chi connectivity index (χ1) is 17.0. The van der Waals surface area contributed by atoms with Gasteiger partial charge in [0.2, 0.25) is 0 Å². The van der Waals surface area contributed by atoms with Crippen molar-refractivity contribution in [2.75, 3.05) is 19.8 Å². The Hall–Kier alpha value is -3.25. The van der Waals surface area contributed by atoms with E-state index in [1.807, 2.05) is 38.1 Å². The van der Waals surface area contributed by atoms with Gasteiger partial charge in [-0.1, -0.05) is 32.4 Å². The molecule has 6 nitrogen and oxygen atoms in total. The Balaban J connectivity index is 1.62. The molecule has 1 saturated heterocycles. The molecule has 1 N–H and O–H groups in total. The number of rotatable bonds is 11. The van der Waals surface area contributed by atoms with Crippen molar-refractivity contribution in [1.82, 2.24) is 4.90 Å². The number of aliphatic hydroxyl groups is 1. The first-order valence-electron chi connectivity index (χ1n) is 11.9. The number of nitrogens with zero attached hydrogens (tertiary/aromatic N) is 2. The molecule has 194 valence electrons. The fourth-order valence-corrected chi connectivity index (χ4v) is 4.23. The minimum atomic E-state index is -4.71. The molecule has 2 aromatic carbocycles. The molecular formula is C27H31F3N2O4. The van der Waals surface area contributed by atoms with Gasteiger partial charge in [0.15, 0.2) is 6.10 Å². The number of aliphatic hydroxyl groups excluding tert-OH is 1. The number of alkyl halides is 3. The maximum atomic E-state index is 13.3. The number of carbonyl (C=O) groups excluding carboxylic acids is 1. The number of carbonyl (C=O) groups is 1. The Labute approximate surface area is 209 Å². The third kappa shape index (κ3) is 6.91. The second-order valence-corrected chi connectivity index (χ2v) is 9.63. The second-order valence-electron chi connectivity index (χ2n) is 9.63. The van der Waals surface area contributed by atoms with Crippen LogP contribution in [0.1, 0.15) is 56.2 Å². The van der Waals surface area contributed by atoms with Gasteiger partial charge < -0.3 is 19.5 Å². The van der Waals surface area contributed by atoms with Crippen LogP contribution in [0.15, 0.2) is 42.5 Å². The predicted molar refractivity (Wildman–Crippen MR) is 127 cm³/mol. The fourth-order valence-electron chi connectivity index (χ4n) is 4.23. The van der Waals surface area contributed by atoms with Crippen molar-refractivity contribution >= 4 is 5.91 Å². The van der Waals surface area contributed by atoms with Crippen LogP contribution in [0.5, 0.6) is 11.5 Å². The smallest absolute Gasteiger partial charge is 0.417 e. The molecule has 1 fully saturated rings. The second kappa shape index (κ2) is 11.7. The summed E-state index contributed by atoms with van der Waals surface area (Å²) in [6, 6.07) is 12.1. The number of nitriles is 1. The van der Waals surface area contributed by atoms with Crippen molar-refractivity contribution in [1.29, 1.82) is 5.26 Å². The number of halogens is 3. The lowest BCUT2D eigenvalue weighted by molar-refractivity contribution is -0.138. The van der Waals surface area contributed by atoms with Crippen LogP contribution in [0.2, 0.25) is 0 Å². The van der Waals surface area contributed by atoms with E-state index in [4.69, 9.17) is 19.8 Å². The highest BCUT2D eigenvalue weighted by atomic mass is 19.4. The van der Waals surface area contributed by atoms with Crippen molar-refractivity contribution < 1.29 is 32.5 Å². The molecule has 2 aromatic rings. The first-order valence-corrected chi connectivity index (χ1v) is 11.9. The van der Waals surface area contributed by atoms with E-state index in [1.165, 1.54) is 12.1 Å². The van der Waals surface area contributed by atoms with Crippen LogP contribution < -0.4 is 9.47 Å². The summed E-state index contributed by atoms with van der Waals surface area (Å²) >= 11 is 0. The molecule has 1 heterocycles. The highest BCUT2D eigenvalue weighted by Crippen LogP contribution is 2.38. The first kappa shape index (κ1) is 27.3. The van der Waals surface area contributed by atoms with E-state index in [0.717, 1.165) is 49.1 Å². The largest absolute Gasteiger partial charge is 0.494 e. The molecule has 1 atom stereocenters. The number of likely N-dealkylation sites (tertiary alicyclic amines) is 1. The van der Waals surface area contributed by atoms with Gasteiger partial charge in [-0.2, -0.15) is 18.4 Å². The summed E-state index contributed by atoms with van der Waals surface area (Å²) in [5.74, 6) is 0.324. The highest BCUT2D eigenvalue weighted by Gasteiger charge is 2.48. The molecule has 1 amide bonds. The minimum Gasteiger partial charge on any atom is -0.494 e. The van der Waals surface area contributed by atoms with Gasteiger partial charge >= 0.3 is 6.18 Å². The maximum absolute atomic E-state index is 13.3. The molecule has 9 heteroatoms. The Bertz CT molecular complexity index is 1080. The van der Waals surface area contributed by atoms with Crippen LogP contribution in [0.25, 0.3) is 0 Å². The molecule has 0 aliphatic carbocycles. The molecule has 36 heavy (non-hydrogen) atoms. The van der Waals surface area contributed by atoms with Gasteiger partial charge in [-0.15, -0.1) is 0 Å². The summed E-state index contributed by atoms with van der Waals surface area (Å²) in [4.78, 5) is 14.8. The molecule has 1 unspecified atom stereocenters. The average Bonchev–Trinajstić information content (AvgIpc) is 3.04. The Kier molecular flexibility index (Phi) is 8.85. The third-order valence-corrected chi connectivity index (χ3v) is 6.13. The molecule has 0 aromatic heterocycles. The van der Waals surface area contributed by atoms with E-state index in [1.54, 1.807) is 4.90 Å². The molecule has 0 bridgehead atoms. The zero-order chi connectivity index (χ0) is 26.3. The van der Waals surface area contributed by atoms with E-state index >= 15 is 0 Å². The van der Waals surface area contributed by atoms with E-state index in [0.29, 0.717) is 19.7 Å². The number of benzene rings is 2. The van der Waals surface area contributed by atoms with E-state index in [9.17, 15) is 18.0 Å². The summed E-state index contributed by atoms with van der Waals surface area (Å²) in [5.41, 5.74) is -1.33. The fraction of sp³-hybridized carbons (Fsp3) is 0.481. The van der Waals surface area contributed by atoms with Crippen molar-refractivity contribution in [2.45, 2.75) is 58.4 Å². The Morgan fingerprint density at radius 2 is 1.75 bits per heavy atom. The summed E-state index contributed by atoms with van der Waals surface area (Å²) in [6.07, 6.45) is -1.99. The summed E-state index contributed by atoms with van der Waals surface area (Å²) in [5, 5.41) is 17.8. The van der Waals surface area contributed by atoms with Crippen molar-refractivity contribution in [2.24, 2.45) is 5.41 Å². The number of unbranched alkanes of at least 4 members (excludes halogenated alkanes) is 3. The van der Waals surface area contributed by atoms with Crippen LogP contribution in [0.3, 0.4) is 0 Å². The number of hydrogen-bond donors (Lipinski definition) is 1. The lowest BCUT2D eigenvalue weighted by Gasteiger charge is -2.24. The monoisotopic (exact) mass is 504 g/mol. The van der Waals surface area contributed by atoms with Crippen LogP contribution >= 0.6 is 0 Å². The summed E-state index contributed by atoms with van der Waals surface area (Å²) < 4.78 is 51.5. The standard InChI is InChI=1S/C27H31F3N2O4/c1-26(2)18-32(17-19-7-10-21(11-8-19)35-14-6-4-3-5-13-33)25(34)24(26)36-22-12-9-20(16-31)23(15-22)27(28,29)30/h7-12,15,24,33H,3-6,13-14,17-18H2,1-2H3. The van der Waals surface area contributed by atoms with E-state index in [2.05, 4.69) is 0 Å². The van der Waals surface area contributed by atoms with Gasteiger partial charge in [-0.3, -0.25) is 4.79 Å². The van der Waals surface area contributed by atoms with Crippen LogP contribution in [-0.4, -0.2) is 41.8 Å². The Morgan fingerprint density at radius 3 is 2.39 bits per heavy atom. The zero-order valence-corrected chi connectivity index (χ0v) is 20.5. The molecular weight excluding hydrogens is 473 g/mol. The van der Waals surface area contributed by atoms with Crippen molar-refractivity contribution in [3.8, 4) is 17.6 Å². The molecule has 3 rings (SSSR count). The SMILES string of the molecule is CC1(C)CN(Cc2ccc(OCCCCCCO)cc2)C(=O)C1Oc1ccc(C#N)c(C(F)(F)F)c1. The quantitative estimate of drug-likeness (QED) is 0.419. The van der Waals surface area contributed by atoms with Crippen molar-refractivity contribution in [3.05, 3.63) is 59.2 Å². The topological polar surface area (TPSA) is 82.8 Å². The third-order valence-electron chi connectivity index (χ3n) is 6.13. The van der Waals surface area contributed by atoms with Crippen LogP contribution in [-0.2, 0) is 17.5 Å². The normalized spacial score (nSPS) is 17.2. The van der Waals surface area contributed by atoms with Gasteiger partial charge in [0, 0.05) is 25.1 Å². The van der Waals surface area contributed by atoms with Crippen molar-refractivity contribution in [3.63, 3.8) is 0 Å². The minimum absolute atomic E-state index is 0.104. The maximum Gasteiger partial charge on any atom is 0.417 e. The average molecular weight is 505 g/mol. The van der Waals surface area contributed by atoms with Gasteiger partial charge in [0.25, 0.3) is 5.91 Å². The summed E-state index contributed by atoms with van der Waals surface area (Å²) in [7, 11) is 0. The lowest BCUT2D eigenvalue weighted by Crippen LogP contribution is -2.36. The predicted octanol–water partition coefficient (Wildman–Crippen LogP) is 5.32. The molecule has 1 aliphatic rings. The Morgan fingerprint density at radius 1 is 1.08 bits per heavy atom.